The summed E-state index contributed by atoms with van der Waals surface area (Å²) < 4.78 is 28.8. The summed E-state index contributed by atoms with van der Waals surface area (Å²) in [6.45, 7) is 4.01. The van der Waals surface area contributed by atoms with Crippen molar-refractivity contribution >= 4 is 44.2 Å². The molecule has 0 saturated carbocycles. The van der Waals surface area contributed by atoms with Crippen molar-refractivity contribution in [2.24, 2.45) is 0 Å². The number of likely N-dealkylation sites (tertiary alicyclic amines) is 1. The van der Waals surface area contributed by atoms with E-state index in [2.05, 4.69) is 21.8 Å². The average Bonchev–Trinajstić information content (AvgIpc) is 2.91. The van der Waals surface area contributed by atoms with E-state index in [4.69, 9.17) is 11.6 Å². The fraction of sp³-hybridized carbons (Fsp3) is 0.357. The molecule has 0 aliphatic carbocycles. The van der Waals surface area contributed by atoms with Crippen molar-refractivity contribution in [1.82, 2.24) is 19.4 Å². The van der Waals surface area contributed by atoms with Crippen LogP contribution in [0.5, 0.6) is 0 Å². The van der Waals surface area contributed by atoms with E-state index in [-0.39, 0.29) is 23.3 Å². The molecule has 10 heteroatoms. The van der Waals surface area contributed by atoms with Crippen LogP contribution < -0.4 is 4.72 Å². The Balaban J connectivity index is 1.17. The van der Waals surface area contributed by atoms with Crippen molar-refractivity contribution in [3.8, 4) is 0 Å². The summed E-state index contributed by atoms with van der Waals surface area (Å²) >= 11 is 6.03. The number of halogens is 1. The molecule has 5 rings (SSSR count). The summed E-state index contributed by atoms with van der Waals surface area (Å²) in [5, 5.41) is 2.14. The van der Waals surface area contributed by atoms with Crippen LogP contribution in [0.15, 0.2) is 71.6 Å². The second-order valence-electron chi connectivity index (χ2n) is 9.87. The lowest BCUT2D eigenvalue weighted by Gasteiger charge is -2.37. The molecule has 8 nitrogen and oxygen atoms in total. The summed E-state index contributed by atoms with van der Waals surface area (Å²) in [6.07, 6.45) is 1.01. The maximum atomic E-state index is 13.2. The molecule has 2 aliphatic rings. The van der Waals surface area contributed by atoms with Gasteiger partial charge in [-0.15, -0.1) is 0 Å². The number of rotatable bonds is 7. The van der Waals surface area contributed by atoms with Gasteiger partial charge in [0.1, 0.15) is 6.04 Å². The van der Waals surface area contributed by atoms with Gasteiger partial charge < -0.3 is 9.80 Å². The van der Waals surface area contributed by atoms with E-state index in [1.54, 1.807) is 35.2 Å². The molecule has 0 aromatic heterocycles. The Bertz CT molecular complexity index is 1430. The number of piperazine rings is 1. The van der Waals surface area contributed by atoms with Crippen molar-refractivity contribution < 1.29 is 18.0 Å². The lowest BCUT2D eigenvalue weighted by Crippen LogP contribution is -2.56. The molecule has 0 radical (unpaired) electrons. The van der Waals surface area contributed by atoms with E-state index in [0.717, 1.165) is 30.4 Å². The molecule has 2 saturated heterocycles. The Labute approximate surface area is 228 Å². The van der Waals surface area contributed by atoms with E-state index in [1.807, 2.05) is 18.2 Å². The maximum absolute atomic E-state index is 13.2. The maximum Gasteiger partial charge on any atom is 0.242 e. The molecule has 0 spiro atoms. The zero-order valence-electron chi connectivity index (χ0n) is 21.1. The Morgan fingerprint density at radius 3 is 2.39 bits per heavy atom. The molecule has 2 heterocycles. The van der Waals surface area contributed by atoms with Crippen LogP contribution in [0.2, 0.25) is 5.02 Å². The first kappa shape index (κ1) is 26.6. The highest BCUT2D eigenvalue weighted by atomic mass is 35.5. The predicted octanol–water partition coefficient (Wildman–Crippen LogP) is 3.11. The monoisotopic (exact) mass is 554 g/mol. The topological polar surface area (TPSA) is 90.0 Å². The smallest absolute Gasteiger partial charge is 0.242 e. The third kappa shape index (κ3) is 6.18. The summed E-state index contributed by atoms with van der Waals surface area (Å²) in [7, 11) is -3.93. The van der Waals surface area contributed by atoms with Crippen molar-refractivity contribution in [3.63, 3.8) is 0 Å². The van der Waals surface area contributed by atoms with Crippen LogP contribution in [0.25, 0.3) is 10.8 Å². The lowest BCUT2D eigenvalue weighted by atomic mass is 10.1. The number of carbonyl (C=O) groups is 2. The van der Waals surface area contributed by atoms with Crippen molar-refractivity contribution in [2.45, 2.75) is 30.3 Å². The van der Waals surface area contributed by atoms with Gasteiger partial charge in [-0.05, 0) is 53.4 Å². The largest absolute Gasteiger partial charge is 0.339 e. The van der Waals surface area contributed by atoms with Crippen LogP contribution in [-0.4, -0.2) is 80.2 Å². The summed E-state index contributed by atoms with van der Waals surface area (Å²) in [5.74, 6) is -0.460. The highest BCUT2D eigenvalue weighted by Gasteiger charge is 2.34. The van der Waals surface area contributed by atoms with Gasteiger partial charge in [-0.25, -0.2) is 8.42 Å². The van der Waals surface area contributed by atoms with Gasteiger partial charge in [0.05, 0.1) is 11.4 Å². The minimum atomic E-state index is -3.93. The van der Waals surface area contributed by atoms with Gasteiger partial charge >= 0.3 is 0 Å². The molecule has 1 unspecified atom stereocenters. The number of nitrogens with one attached hydrogen (secondary N) is 1. The van der Waals surface area contributed by atoms with Gasteiger partial charge in [0, 0.05) is 44.3 Å². The lowest BCUT2D eigenvalue weighted by molar-refractivity contribution is -0.144. The Morgan fingerprint density at radius 2 is 1.63 bits per heavy atom. The van der Waals surface area contributed by atoms with Crippen molar-refractivity contribution in [1.29, 1.82) is 0 Å². The van der Waals surface area contributed by atoms with Gasteiger partial charge in [-0.2, -0.15) is 4.72 Å². The molecule has 2 fully saturated rings. The molecule has 2 aliphatic heterocycles. The molecule has 1 N–H and O–H groups in total. The molecule has 3 aromatic rings. The number of benzene rings is 3. The zero-order chi connectivity index (χ0) is 26.7. The number of hydrogen-bond donors (Lipinski definition) is 1. The molecular weight excluding hydrogens is 524 g/mol. The number of fused-ring (bicyclic) bond motifs is 1. The standard InChI is InChI=1S/C28H31ClN4O4S/c29-24-10-8-23-18-25(11-9-22(23)17-24)38(36,37)30-26-7-4-12-33(28(26)35)20-27(34)32-15-13-31(14-16-32)19-21-5-2-1-3-6-21/h1-3,5-6,8-11,17-18,26,30H,4,7,12-16,19-20H2. The molecule has 1 atom stereocenters. The molecule has 3 aromatic carbocycles. The zero-order valence-corrected chi connectivity index (χ0v) is 22.6. The number of amides is 2. The van der Waals surface area contributed by atoms with E-state index in [9.17, 15) is 18.0 Å². The van der Waals surface area contributed by atoms with Gasteiger partial charge in [0.2, 0.25) is 21.8 Å². The van der Waals surface area contributed by atoms with E-state index in [1.165, 1.54) is 16.5 Å². The second-order valence-corrected chi connectivity index (χ2v) is 12.0. The SMILES string of the molecule is O=C(CN1CCCC(NS(=O)(=O)c2ccc3cc(Cl)ccc3c2)C1=O)N1CCN(Cc2ccccc2)CC1. The van der Waals surface area contributed by atoms with Gasteiger partial charge in [0.15, 0.2) is 0 Å². The minimum absolute atomic E-state index is 0.0352. The van der Waals surface area contributed by atoms with Crippen molar-refractivity contribution in [2.75, 3.05) is 39.3 Å². The highest BCUT2D eigenvalue weighted by molar-refractivity contribution is 7.89. The summed E-state index contributed by atoms with van der Waals surface area (Å²) in [5.41, 5.74) is 1.24. The normalized spacial score (nSPS) is 19.2. The van der Waals surface area contributed by atoms with Crippen LogP contribution in [0.1, 0.15) is 18.4 Å². The van der Waals surface area contributed by atoms with Crippen LogP contribution in [0.4, 0.5) is 0 Å². The number of piperidine rings is 1. The van der Waals surface area contributed by atoms with E-state index >= 15 is 0 Å². The fourth-order valence-electron chi connectivity index (χ4n) is 5.08. The molecule has 38 heavy (non-hydrogen) atoms. The van der Waals surface area contributed by atoms with Crippen LogP contribution in [0, 0.1) is 0 Å². The first-order chi connectivity index (χ1) is 18.3. The summed E-state index contributed by atoms with van der Waals surface area (Å²) in [4.78, 5) is 31.8. The third-order valence-corrected chi connectivity index (χ3v) is 8.92. The third-order valence-electron chi connectivity index (χ3n) is 7.21. The Hall–Kier alpha value is -2.98. The molecule has 2 amide bonds. The second kappa shape index (κ2) is 11.4. The first-order valence-electron chi connectivity index (χ1n) is 12.8. The molecule has 0 bridgehead atoms. The molecular formula is C28H31ClN4O4S. The highest BCUT2D eigenvalue weighted by Crippen LogP contribution is 2.23. The number of sulfonamides is 1. The first-order valence-corrected chi connectivity index (χ1v) is 14.7. The number of carbonyl (C=O) groups excluding carboxylic acids is 2. The van der Waals surface area contributed by atoms with Crippen LogP contribution >= 0.6 is 11.6 Å². The minimum Gasteiger partial charge on any atom is -0.339 e. The van der Waals surface area contributed by atoms with Crippen LogP contribution in [-0.2, 0) is 26.2 Å². The van der Waals surface area contributed by atoms with Crippen molar-refractivity contribution in [3.05, 3.63) is 77.3 Å². The number of nitrogens with zero attached hydrogens (tertiary/aromatic N) is 3. The fourth-order valence-corrected chi connectivity index (χ4v) is 6.52. The average molecular weight is 555 g/mol. The Morgan fingerprint density at radius 1 is 0.921 bits per heavy atom. The predicted molar refractivity (Wildman–Crippen MR) is 147 cm³/mol. The summed E-state index contributed by atoms with van der Waals surface area (Å²) in [6, 6.07) is 19.3. The van der Waals surface area contributed by atoms with E-state index < -0.39 is 16.1 Å². The van der Waals surface area contributed by atoms with E-state index in [0.29, 0.717) is 37.5 Å². The quantitative estimate of drug-likeness (QED) is 0.485. The van der Waals surface area contributed by atoms with Crippen LogP contribution in [0.3, 0.4) is 0 Å². The van der Waals surface area contributed by atoms with Gasteiger partial charge in [0.25, 0.3) is 0 Å². The van der Waals surface area contributed by atoms with Gasteiger partial charge in [-0.1, -0.05) is 54.1 Å². The van der Waals surface area contributed by atoms with Gasteiger partial charge in [-0.3, -0.25) is 14.5 Å². The molecule has 200 valence electrons. The number of hydrogen-bond acceptors (Lipinski definition) is 5. The Kier molecular flexibility index (Phi) is 7.99.